The van der Waals surface area contributed by atoms with E-state index < -0.39 is 0 Å². The molecule has 0 saturated carbocycles. The molecule has 1 aromatic carbocycles. The van der Waals surface area contributed by atoms with E-state index in [1.807, 2.05) is 6.07 Å². The van der Waals surface area contributed by atoms with Crippen LogP contribution in [0.3, 0.4) is 0 Å². The lowest BCUT2D eigenvalue weighted by Crippen LogP contribution is -1.86. The van der Waals surface area contributed by atoms with Crippen molar-refractivity contribution in [1.82, 2.24) is 0 Å². The first-order valence-electron chi connectivity index (χ1n) is 3.90. The van der Waals surface area contributed by atoms with Crippen LogP contribution in [0.15, 0.2) is 35.3 Å². The van der Waals surface area contributed by atoms with Gasteiger partial charge in [0.25, 0.3) is 0 Å². The van der Waals surface area contributed by atoms with Crippen LogP contribution in [0, 0.1) is 0 Å². The van der Waals surface area contributed by atoms with E-state index in [9.17, 15) is 0 Å². The molecular weight excluding hydrogens is 134 g/mol. The van der Waals surface area contributed by atoms with E-state index in [0.717, 1.165) is 19.4 Å². The summed E-state index contributed by atoms with van der Waals surface area (Å²) in [4.78, 5) is 3.80. The number of aliphatic imine (C=N–C) groups is 1. The van der Waals surface area contributed by atoms with Gasteiger partial charge in [0.2, 0.25) is 0 Å². The lowest BCUT2D eigenvalue weighted by molar-refractivity contribution is 0.837. The predicted octanol–water partition coefficient (Wildman–Crippen LogP) is 2.32. The van der Waals surface area contributed by atoms with Crippen molar-refractivity contribution in [3.63, 3.8) is 0 Å². The highest BCUT2D eigenvalue weighted by atomic mass is 14.7. The van der Waals surface area contributed by atoms with E-state index in [4.69, 9.17) is 0 Å². The second-order valence-electron chi connectivity index (χ2n) is 2.54. The van der Waals surface area contributed by atoms with Crippen LogP contribution >= 0.6 is 0 Å². The summed E-state index contributed by atoms with van der Waals surface area (Å²) >= 11 is 0. The normalized spacial score (nSPS) is 9.45. The van der Waals surface area contributed by atoms with Crippen molar-refractivity contribution in [3.05, 3.63) is 35.9 Å². The molecule has 0 saturated heterocycles. The monoisotopic (exact) mass is 147 g/mol. The highest BCUT2D eigenvalue weighted by Crippen LogP contribution is 2.01. The van der Waals surface area contributed by atoms with E-state index in [1.54, 1.807) is 0 Å². The zero-order valence-corrected chi connectivity index (χ0v) is 6.66. The topological polar surface area (TPSA) is 12.4 Å². The van der Waals surface area contributed by atoms with Crippen molar-refractivity contribution in [2.45, 2.75) is 12.8 Å². The Bertz CT molecular complexity index is 203. The van der Waals surface area contributed by atoms with Gasteiger partial charge < -0.3 is 4.99 Å². The SMILES string of the molecule is C=NCCCc1ccccc1. The summed E-state index contributed by atoms with van der Waals surface area (Å²) in [6.45, 7) is 4.31. The Morgan fingerprint density at radius 2 is 1.91 bits per heavy atom. The maximum absolute atomic E-state index is 3.80. The first-order chi connectivity index (χ1) is 5.43. The number of hydrogen-bond acceptors (Lipinski definition) is 1. The van der Waals surface area contributed by atoms with E-state index >= 15 is 0 Å². The maximum atomic E-state index is 3.80. The van der Waals surface area contributed by atoms with Crippen LogP contribution in [0.2, 0.25) is 0 Å². The van der Waals surface area contributed by atoms with Gasteiger partial charge in [0.1, 0.15) is 0 Å². The van der Waals surface area contributed by atoms with Gasteiger partial charge >= 0.3 is 0 Å². The number of aryl methyl sites for hydroxylation is 1. The summed E-state index contributed by atoms with van der Waals surface area (Å²) in [6.07, 6.45) is 2.22. The van der Waals surface area contributed by atoms with E-state index in [2.05, 4.69) is 36.0 Å². The average Bonchev–Trinajstić information content (AvgIpc) is 2.07. The third-order valence-corrected chi connectivity index (χ3v) is 1.62. The van der Waals surface area contributed by atoms with Gasteiger partial charge in [0.05, 0.1) is 0 Å². The summed E-state index contributed by atoms with van der Waals surface area (Å²) in [6, 6.07) is 10.5. The molecule has 58 valence electrons. The maximum Gasteiger partial charge on any atom is 0.0385 e. The molecule has 1 nitrogen and oxygen atoms in total. The van der Waals surface area contributed by atoms with E-state index in [-0.39, 0.29) is 0 Å². The molecular formula is C10H13N. The summed E-state index contributed by atoms with van der Waals surface area (Å²) in [5.74, 6) is 0. The quantitative estimate of drug-likeness (QED) is 0.458. The zero-order chi connectivity index (χ0) is 7.94. The van der Waals surface area contributed by atoms with E-state index in [0.29, 0.717) is 0 Å². The highest BCUT2D eigenvalue weighted by Gasteiger charge is 1.88. The molecule has 0 bridgehead atoms. The minimum Gasteiger partial charge on any atom is -0.301 e. The zero-order valence-electron chi connectivity index (χ0n) is 6.66. The molecule has 0 atom stereocenters. The number of benzene rings is 1. The second-order valence-corrected chi connectivity index (χ2v) is 2.54. The van der Waals surface area contributed by atoms with Crippen LogP contribution in [-0.2, 0) is 6.42 Å². The van der Waals surface area contributed by atoms with Gasteiger partial charge in [-0.1, -0.05) is 30.3 Å². The first kappa shape index (κ1) is 7.99. The fourth-order valence-electron chi connectivity index (χ4n) is 1.04. The molecule has 0 aliphatic carbocycles. The van der Waals surface area contributed by atoms with Gasteiger partial charge in [-0.25, -0.2) is 0 Å². The largest absolute Gasteiger partial charge is 0.301 e. The van der Waals surface area contributed by atoms with Gasteiger partial charge in [-0.05, 0) is 25.1 Å². The van der Waals surface area contributed by atoms with Crippen LogP contribution in [0.25, 0.3) is 0 Å². The van der Waals surface area contributed by atoms with Crippen molar-refractivity contribution in [2.75, 3.05) is 6.54 Å². The molecule has 0 radical (unpaired) electrons. The molecule has 0 heterocycles. The van der Waals surface area contributed by atoms with Gasteiger partial charge in [-0.2, -0.15) is 0 Å². The Labute approximate surface area is 67.8 Å². The standard InChI is InChI=1S/C10H13N/c1-11-9-5-8-10-6-3-2-4-7-10/h2-4,6-7H,1,5,8-9H2. The molecule has 1 heteroatoms. The molecule has 1 rings (SSSR count). The fraction of sp³-hybridized carbons (Fsp3) is 0.300. The van der Waals surface area contributed by atoms with Crippen LogP contribution in [0.4, 0.5) is 0 Å². The minimum absolute atomic E-state index is 0.870. The smallest absolute Gasteiger partial charge is 0.0385 e. The molecule has 0 spiro atoms. The summed E-state index contributed by atoms with van der Waals surface area (Å²) in [7, 11) is 0. The molecule has 11 heavy (non-hydrogen) atoms. The molecule has 1 aromatic rings. The van der Waals surface area contributed by atoms with E-state index in [1.165, 1.54) is 5.56 Å². The van der Waals surface area contributed by atoms with Gasteiger partial charge in [0, 0.05) is 6.54 Å². The molecule has 0 amide bonds. The van der Waals surface area contributed by atoms with Gasteiger partial charge in [0.15, 0.2) is 0 Å². The molecule has 0 N–H and O–H groups in total. The van der Waals surface area contributed by atoms with Gasteiger partial charge in [-0.3, -0.25) is 0 Å². The van der Waals surface area contributed by atoms with Crippen LogP contribution in [-0.4, -0.2) is 13.3 Å². The van der Waals surface area contributed by atoms with Crippen molar-refractivity contribution in [1.29, 1.82) is 0 Å². The molecule has 0 fully saturated rings. The molecule has 0 unspecified atom stereocenters. The Morgan fingerprint density at radius 1 is 1.18 bits per heavy atom. The molecule has 0 aliphatic rings. The molecule has 0 aromatic heterocycles. The second kappa shape index (κ2) is 4.67. The van der Waals surface area contributed by atoms with Crippen LogP contribution in [0.1, 0.15) is 12.0 Å². The van der Waals surface area contributed by atoms with Crippen LogP contribution in [0.5, 0.6) is 0 Å². The van der Waals surface area contributed by atoms with Crippen LogP contribution < -0.4 is 0 Å². The summed E-state index contributed by atoms with van der Waals surface area (Å²) in [5, 5.41) is 0. The lowest BCUT2D eigenvalue weighted by Gasteiger charge is -1.96. The van der Waals surface area contributed by atoms with Crippen molar-refractivity contribution >= 4 is 6.72 Å². The predicted molar refractivity (Wildman–Crippen MR) is 49.2 cm³/mol. The summed E-state index contributed by atoms with van der Waals surface area (Å²) in [5.41, 5.74) is 1.39. The fourth-order valence-corrected chi connectivity index (χ4v) is 1.04. The summed E-state index contributed by atoms with van der Waals surface area (Å²) < 4.78 is 0. The third-order valence-electron chi connectivity index (χ3n) is 1.62. The molecule has 0 aliphatic heterocycles. The van der Waals surface area contributed by atoms with Crippen molar-refractivity contribution < 1.29 is 0 Å². The Kier molecular flexibility index (Phi) is 3.39. The number of hydrogen-bond donors (Lipinski definition) is 0. The minimum atomic E-state index is 0.870. The van der Waals surface area contributed by atoms with Crippen molar-refractivity contribution in [2.24, 2.45) is 4.99 Å². The Hall–Kier alpha value is -1.11. The van der Waals surface area contributed by atoms with Crippen molar-refractivity contribution in [3.8, 4) is 0 Å². The van der Waals surface area contributed by atoms with Gasteiger partial charge in [-0.15, -0.1) is 0 Å². The first-order valence-corrected chi connectivity index (χ1v) is 3.90. The highest BCUT2D eigenvalue weighted by molar-refractivity contribution is 5.23. The Morgan fingerprint density at radius 3 is 2.55 bits per heavy atom. The number of nitrogens with zero attached hydrogens (tertiary/aromatic N) is 1. The Balaban J connectivity index is 2.33. The third kappa shape index (κ3) is 2.99. The average molecular weight is 147 g/mol. The number of rotatable bonds is 4. The lowest BCUT2D eigenvalue weighted by atomic mass is 10.1.